The summed E-state index contributed by atoms with van der Waals surface area (Å²) in [5.41, 5.74) is -0.0626. The Balaban J connectivity index is 0.00000225. The number of carbonyl (C=O) groups excluding carboxylic acids is 1. The summed E-state index contributed by atoms with van der Waals surface area (Å²) in [4.78, 5) is 14.0. The largest absolute Gasteiger partial charge is 0.350 e. The van der Waals surface area contributed by atoms with Gasteiger partial charge in [0.15, 0.2) is 0 Å². The minimum absolute atomic E-state index is 0. The minimum atomic E-state index is -0.0626. The molecule has 1 heterocycles. The zero-order valence-electron chi connectivity index (χ0n) is 10.7. The third-order valence-electron chi connectivity index (χ3n) is 3.18. The lowest BCUT2D eigenvalue weighted by atomic mass is 10.0. The molecule has 0 atom stereocenters. The van der Waals surface area contributed by atoms with Crippen LogP contribution < -0.4 is 5.32 Å². The molecule has 0 radical (unpaired) electrons. The van der Waals surface area contributed by atoms with Gasteiger partial charge in [-0.2, -0.15) is 0 Å². The second-order valence-electron chi connectivity index (χ2n) is 5.12. The van der Waals surface area contributed by atoms with Gasteiger partial charge in [-0.05, 0) is 46.2 Å². The first-order valence-electron chi connectivity index (χ1n) is 6.07. The molecule has 4 heteroatoms. The van der Waals surface area contributed by atoms with Crippen LogP contribution in [0.4, 0.5) is 0 Å². The van der Waals surface area contributed by atoms with Gasteiger partial charge < -0.3 is 5.32 Å². The maximum Gasteiger partial charge on any atom is 0.234 e. The van der Waals surface area contributed by atoms with Crippen molar-refractivity contribution in [2.24, 2.45) is 0 Å². The van der Waals surface area contributed by atoms with Gasteiger partial charge in [-0.1, -0.05) is 13.3 Å². The summed E-state index contributed by atoms with van der Waals surface area (Å²) in [5.74, 6) is 0.170. The van der Waals surface area contributed by atoms with Gasteiger partial charge in [0.05, 0.1) is 6.54 Å². The maximum absolute atomic E-state index is 11.7. The first-order valence-corrected chi connectivity index (χ1v) is 6.07. The van der Waals surface area contributed by atoms with Crippen LogP contribution in [0.5, 0.6) is 0 Å². The molecule has 0 aromatic rings. The average Bonchev–Trinajstić information content (AvgIpc) is 2.18. The summed E-state index contributed by atoms with van der Waals surface area (Å²) in [6.07, 6.45) is 4.77. The fraction of sp³-hybridized carbons (Fsp3) is 0.917. The summed E-state index contributed by atoms with van der Waals surface area (Å²) >= 11 is 0. The van der Waals surface area contributed by atoms with Crippen molar-refractivity contribution >= 4 is 18.3 Å². The lowest BCUT2D eigenvalue weighted by Gasteiger charge is -2.29. The van der Waals surface area contributed by atoms with E-state index in [9.17, 15) is 4.79 Å². The normalized spacial score (nSPS) is 17.7. The number of piperidine rings is 1. The van der Waals surface area contributed by atoms with Crippen molar-refractivity contribution in [3.05, 3.63) is 0 Å². The first kappa shape index (κ1) is 15.7. The predicted octanol–water partition coefficient (Wildman–Crippen LogP) is 2.20. The molecule has 3 nitrogen and oxygen atoms in total. The number of nitrogens with one attached hydrogen (secondary N) is 1. The SMILES string of the molecule is CCC(C)(C)NC(=O)CN1CCCCC1.Cl. The molecule has 1 amide bonds. The van der Waals surface area contributed by atoms with E-state index in [1.54, 1.807) is 0 Å². The monoisotopic (exact) mass is 248 g/mol. The van der Waals surface area contributed by atoms with Crippen LogP contribution in [0, 0.1) is 0 Å². The van der Waals surface area contributed by atoms with Crippen molar-refractivity contribution in [3.63, 3.8) is 0 Å². The number of carbonyl (C=O) groups is 1. The van der Waals surface area contributed by atoms with E-state index in [0.717, 1.165) is 19.5 Å². The van der Waals surface area contributed by atoms with E-state index < -0.39 is 0 Å². The molecule has 0 bridgehead atoms. The van der Waals surface area contributed by atoms with E-state index in [4.69, 9.17) is 0 Å². The standard InChI is InChI=1S/C12H24N2O.ClH/c1-4-12(2,3)13-11(15)10-14-8-6-5-7-9-14;/h4-10H2,1-3H3,(H,13,15);1H. The van der Waals surface area contributed by atoms with Gasteiger partial charge in [0, 0.05) is 5.54 Å². The Labute approximate surface area is 105 Å². The van der Waals surface area contributed by atoms with Gasteiger partial charge in [-0.3, -0.25) is 9.69 Å². The van der Waals surface area contributed by atoms with E-state index in [0.29, 0.717) is 6.54 Å². The van der Waals surface area contributed by atoms with Gasteiger partial charge in [0.1, 0.15) is 0 Å². The van der Waals surface area contributed by atoms with Crippen molar-refractivity contribution in [1.29, 1.82) is 0 Å². The molecule has 0 saturated carbocycles. The highest BCUT2D eigenvalue weighted by atomic mass is 35.5. The molecule has 1 fully saturated rings. The molecule has 0 spiro atoms. The molecule has 0 unspecified atom stereocenters. The number of halogens is 1. The molecule has 1 aliphatic rings. The molecule has 0 aromatic carbocycles. The van der Waals surface area contributed by atoms with E-state index in [1.165, 1.54) is 19.3 Å². The molecule has 16 heavy (non-hydrogen) atoms. The van der Waals surface area contributed by atoms with Gasteiger partial charge in [-0.25, -0.2) is 0 Å². The highest BCUT2D eigenvalue weighted by Crippen LogP contribution is 2.09. The lowest BCUT2D eigenvalue weighted by Crippen LogP contribution is -2.48. The predicted molar refractivity (Wildman–Crippen MR) is 70.1 cm³/mol. The third-order valence-corrected chi connectivity index (χ3v) is 3.18. The Kier molecular flexibility index (Phi) is 7.00. The number of rotatable bonds is 4. The second kappa shape index (κ2) is 7.13. The van der Waals surface area contributed by atoms with Crippen LogP contribution in [-0.4, -0.2) is 36.0 Å². The quantitative estimate of drug-likeness (QED) is 0.827. The molecule has 96 valence electrons. The summed E-state index contributed by atoms with van der Waals surface area (Å²) in [7, 11) is 0. The van der Waals surface area contributed by atoms with Crippen molar-refractivity contribution in [2.45, 2.75) is 52.0 Å². The van der Waals surface area contributed by atoms with E-state index in [1.807, 2.05) is 0 Å². The van der Waals surface area contributed by atoms with Crippen LogP contribution in [0.2, 0.25) is 0 Å². The van der Waals surface area contributed by atoms with Crippen molar-refractivity contribution in [2.75, 3.05) is 19.6 Å². The summed E-state index contributed by atoms with van der Waals surface area (Å²) in [6.45, 7) is 8.98. The van der Waals surface area contributed by atoms with Crippen LogP contribution in [0.15, 0.2) is 0 Å². The number of hydrogen-bond donors (Lipinski definition) is 1. The zero-order valence-corrected chi connectivity index (χ0v) is 11.5. The second-order valence-corrected chi connectivity index (χ2v) is 5.12. The molecular formula is C12H25ClN2O. The van der Waals surface area contributed by atoms with Crippen LogP contribution in [0.1, 0.15) is 46.5 Å². The smallest absolute Gasteiger partial charge is 0.234 e. The van der Waals surface area contributed by atoms with Gasteiger partial charge >= 0.3 is 0 Å². The summed E-state index contributed by atoms with van der Waals surface area (Å²) in [5, 5.41) is 3.07. The topological polar surface area (TPSA) is 32.3 Å². The Morgan fingerprint density at radius 1 is 1.25 bits per heavy atom. The Morgan fingerprint density at radius 3 is 2.31 bits per heavy atom. The molecular weight excluding hydrogens is 224 g/mol. The molecule has 1 N–H and O–H groups in total. The highest BCUT2D eigenvalue weighted by Gasteiger charge is 2.20. The van der Waals surface area contributed by atoms with Crippen molar-refractivity contribution in [3.8, 4) is 0 Å². The van der Waals surface area contributed by atoms with Crippen LogP contribution >= 0.6 is 12.4 Å². The molecule has 0 aromatic heterocycles. The average molecular weight is 249 g/mol. The van der Waals surface area contributed by atoms with Crippen LogP contribution in [0.3, 0.4) is 0 Å². The van der Waals surface area contributed by atoms with Crippen LogP contribution in [-0.2, 0) is 4.79 Å². The highest BCUT2D eigenvalue weighted by molar-refractivity contribution is 5.85. The van der Waals surface area contributed by atoms with E-state index in [-0.39, 0.29) is 23.9 Å². The minimum Gasteiger partial charge on any atom is -0.350 e. The van der Waals surface area contributed by atoms with Crippen molar-refractivity contribution < 1.29 is 4.79 Å². The maximum atomic E-state index is 11.7. The number of amides is 1. The first-order chi connectivity index (χ1) is 7.03. The summed E-state index contributed by atoms with van der Waals surface area (Å²) in [6, 6.07) is 0. The molecule has 1 rings (SSSR count). The van der Waals surface area contributed by atoms with Gasteiger partial charge in [0.2, 0.25) is 5.91 Å². The Morgan fingerprint density at radius 2 is 1.81 bits per heavy atom. The number of hydrogen-bond acceptors (Lipinski definition) is 2. The molecule has 1 aliphatic heterocycles. The van der Waals surface area contributed by atoms with Crippen LogP contribution in [0.25, 0.3) is 0 Å². The third kappa shape index (κ3) is 5.71. The Bertz CT molecular complexity index is 213. The van der Waals surface area contributed by atoms with Gasteiger partial charge in [0.25, 0.3) is 0 Å². The number of nitrogens with zero attached hydrogens (tertiary/aromatic N) is 1. The van der Waals surface area contributed by atoms with Crippen molar-refractivity contribution in [1.82, 2.24) is 10.2 Å². The molecule has 1 saturated heterocycles. The lowest BCUT2D eigenvalue weighted by molar-refractivity contribution is -0.124. The fourth-order valence-corrected chi connectivity index (χ4v) is 1.83. The van der Waals surface area contributed by atoms with E-state index in [2.05, 4.69) is 31.0 Å². The van der Waals surface area contributed by atoms with Gasteiger partial charge in [-0.15, -0.1) is 12.4 Å². The van der Waals surface area contributed by atoms with E-state index >= 15 is 0 Å². The molecule has 0 aliphatic carbocycles. The number of likely N-dealkylation sites (tertiary alicyclic amines) is 1. The zero-order chi connectivity index (χ0) is 11.3. The summed E-state index contributed by atoms with van der Waals surface area (Å²) < 4.78 is 0. The fourth-order valence-electron chi connectivity index (χ4n) is 1.83. The Hall–Kier alpha value is -0.280.